The van der Waals surface area contributed by atoms with Crippen molar-refractivity contribution >= 4 is 11.3 Å². The monoisotopic (exact) mass is 247 g/mol. The molecule has 1 aromatic carbocycles. The van der Waals surface area contributed by atoms with E-state index in [2.05, 4.69) is 29.2 Å². The van der Waals surface area contributed by atoms with E-state index in [-0.39, 0.29) is 6.10 Å². The first-order valence-corrected chi connectivity index (χ1v) is 6.82. The van der Waals surface area contributed by atoms with Crippen LogP contribution in [0.3, 0.4) is 0 Å². The van der Waals surface area contributed by atoms with Gasteiger partial charge >= 0.3 is 0 Å². The molecule has 0 saturated carbocycles. The lowest BCUT2D eigenvalue weighted by Crippen LogP contribution is -2.09. The summed E-state index contributed by atoms with van der Waals surface area (Å²) in [6.07, 6.45) is 5.27. The van der Waals surface area contributed by atoms with Crippen molar-refractivity contribution in [2.45, 2.75) is 31.8 Å². The molecule has 2 rings (SSSR count). The highest BCUT2D eigenvalue weighted by Crippen LogP contribution is 2.13. The van der Waals surface area contributed by atoms with Gasteiger partial charge in [0.25, 0.3) is 0 Å². The SMILES string of the molecule is OC(CCCc1ccccc1)Cc1cncs1. The van der Waals surface area contributed by atoms with E-state index in [4.69, 9.17) is 0 Å². The Kier molecular flexibility index (Phi) is 4.71. The third kappa shape index (κ3) is 4.29. The molecule has 0 aliphatic heterocycles. The third-order valence-electron chi connectivity index (χ3n) is 2.77. The lowest BCUT2D eigenvalue weighted by atomic mass is 10.0. The number of nitrogens with zero attached hydrogens (tertiary/aromatic N) is 1. The zero-order valence-electron chi connectivity index (χ0n) is 9.75. The number of hydrogen-bond donors (Lipinski definition) is 1. The molecule has 1 unspecified atom stereocenters. The number of hydrogen-bond acceptors (Lipinski definition) is 3. The molecule has 90 valence electrons. The van der Waals surface area contributed by atoms with Gasteiger partial charge in [-0.2, -0.15) is 0 Å². The predicted molar refractivity (Wildman–Crippen MR) is 71.2 cm³/mol. The maximum absolute atomic E-state index is 9.88. The predicted octanol–water partition coefficient (Wildman–Crippen LogP) is 3.07. The van der Waals surface area contributed by atoms with E-state index in [0.29, 0.717) is 0 Å². The molecule has 0 fully saturated rings. The van der Waals surface area contributed by atoms with Gasteiger partial charge in [0.15, 0.2) is 0 Å². The summed E-state index contributed by atoms with van der Waals surface area (Å²) in [7, 11) is 0. The standard InChI is InChI=1S/C14H17NOS/c16-13(9-14-10-15-11-17-14)8-4-7-12-5-2-1-3-6-12/h1-3,5-6,10-11,13,16H,4,7-9H2. The van der Waals surface area contributed by atoms with Crippen molar-refractivity contribution in [3.05, 3.63) is 52.5 Å². The Bertz CT molecular complexity index is 413. The molecule has 0 saturated heterocycles. The summed E-state index contributed by atoms with van der Waals surface area (Å²) in [4.78, 5) is 5.17. The maximum Gasteiger partial charge on any atom is 0.0794 e. The molecule has 1 heterocycles. The molecule has 3 heteroatoms. The van der Waals surface area contributed by atoms with Gasteiger partial charge in [-0.3, -0.25) is 4.98 Å². The molecule has 17 heavy (non-hydrogen) atoms. The van der Waals surface area contributed by atoms with Crippen molar-refractivity contribution in [3.63, 3.8) is 0 Å². The van der Waals surface area contributed by atoms with Gasteiger partial charge in [-0.15, -0.1) is 11.3 Å². The van der Waals surface area contributed by atoms with E-state index >= 15 is 0 Å². The zero-order chi connectivity index (χ0) is 11.9. The summed E-state index contributed by atoms with van der Waals surface area (Å²) in [6.45, 7) is 0. The number of aliphatic hydroxyl groups excluding tert-OH is 1. The normalized spacial score (nSPS) is 12.5. The lowest BCUT2D eigenvalue weighted by Gasteiger charge is -2.08. The van der Waals surface area contributed by atoms with Crippen LogP contribution in [0.4, 0.5) is 0 Å². The van der Waals surface area contributed by atoms with Crippen LogP contribution in [-0.4, -0.2) is 16.2 Å². The second-order valence-corrected chi connectivity index (χ2v) is 5.17. The van der Waals surface area contributed by atoms with Crippen LogP contribution in [0.1, 0.15) is 23.3 Å². The first kappa shape index (κ1) is 12.3. The van der Waals surface area contributed by atoms with Crippen LogP contribution in [0.15, 0.2) is 42.0 Å². The molecular formula is C14H17NOS. The van der Waals surface area contributed by atoms with Crippen molar-refractivity contribution < 1.29 is 5.11 Å². The Morgan fingerprint density at radius 3 is 2.76 bits per heavy atom. The van der Waals surface area contributed by atoms with Crippen LogP contribution in [0, 0.1) is 0 Å². The molecule has 1 aromatic heterocycles. The maximum atomic E-state index is 9.88. The Morgan fingerprint density at radius 2 is 2.06 bits per heavy atom. The van der Waals surface area contributed by atoms with Gasteiger partial charge in [-0.1, -0.05) is 30.3 Å². The Morgan fingerprint density at radius 1 is 1.24 bits per heavy atom. The quantitative estimate of drug-likeness (QED) is 0.851. The van der Waals surface area contributed by atoms with Crippen LogP contribution in [0.2, 0.25) is 0 Å². The number of aryl methyl sites for hydroxylation is 1. The van der Waals surface area contributed by atoms with Gasteiger partial charge in [0.1, 0.15) is 0 Å². The number of benzene rings is 1. The molecule has 0 bridgehead atoms. The van der Waals surface area contributed by atoms with Crippen molar-refractivity contribution in [1.29, 1.82) is 0 Å². The van der Waals surface area contributed by atoms with Gasteiger partial charge in [0.05, 0.1) is 11.6 Å². The fourth-order valence-electron chi connectivity index (χ4n) is 1.86. The molecule has 0 spiro atoms. The molecule has 0 amide bonds. The fourth-order valence-corrected chi connectivity index (χ4v) is 2.53. The van der Waals surface area contributed by atoms with E-state index in [1.165, 1.54) is 5.56 Å². The Balaban J connectivity index is 1.68. The number of aromatic nitrogens is 1. The molecule has 1 N–H and O–H groups in total. The van der Waals surface area contributed by atoms with E-state index in [1.807, 2.05) is 17.8 Å². The van der Waals surface area contributed by atoms with Crippen molar-refractivity contribution in [2.75, 3.05) is 0 Å². The number of thiazole rings is 1. The average molecular weight is 247 g/mol. The third-order valence-corrected chi connectivity index (χ3v) is 3.57. The minimum Gasteiger partial charge on any atom is -0.393 e. The van der Waals surface area contributed by atoms with Gasteiger partial charge in [-0.25, -0.2) is 0 Å². The average Bonchev–Trinajstić information content (AvgIpc) is 2.83. The van der Waals surface area contributed by atoms with E-state index in [0.717, 1.165) is 30.6 Å². The summed E-state index contributed by atoms with van der Waals surface area (Å²) in [5.41, 5.74) is 3.16. The van der Waals surface area contributed by atoms with E-state index < -0.39 is 0 Å². The highest BCUT2D eigenvalue weighted by Gasteiger charge is 2.06. The highest BCUT2D eigenvalue weighted by atomic mass is 32.1. The summed E-state index contributed by atoms with van der Waals surface area (Å²) < 4.78 is 0. The van der Waals surface area contributed by atoms with Gasteiger partial charge in [0, 0.05) is 17.5 Å². The van der Waals surface area contributed by atoms with Gasteiger partial charge in [0.2, 0.25) is 0 Å². The second kappa shape index (κ2) is 6.52. The minimum atomic E-state index is -0.237. The largest absolute Gasteiger partial charge is 0.393 e. The topological polar surface area (TPSA) is 33.1 Å². The highest BCUT2D eigenvalue weighted by molar-refractivity contribution is 7.09. The molecule has 2 nitrogen and oxygen atoms in total. The van der Waals surface area contributed by atoms with Crippen LogP contribution in [-0.2, 0) is 12.8 Å². The minimum absolute atomic E-state index is 0.237. The zero-order valence-corrected chi connectivity index (χ0v) is 10.6. The first-order chi connectivity index (χ1) is 8.34. The molecule has 0 radical (unpaired) electrons. The van der Waals surface area contributed by atoms with Gasteiger partial charge < -0.3 is 5.11 Å². The Labute approximate surface area is 106 Å². The summed E-state index contributed by atoms with van der Waals surface area (Å²) in [5.74, 6) is 0. The second-order valence-electron chi connectivity index (χ2n) is 4.20. The van der Waals surface area contributed by atoms with E-state index in [9.17, 15) is 5.11 Å². The van der Waals surface area contributed by atoms with Gasteiger partial charge in [-0.05, 0) is 24.8 Å². The van der Waals surface area contributed by atoms with E-state index in [1.54, 1.807) is 11.3 Å². The van der Waals surface area contributed by atoms with Crippen LogP contribution in [0.25, 0.3) is 0 Å². The molecular weight excluding hydrogens is 230 g/mol. The fraction of sp³-hybridized carbons (Fsp3) is 0.357. The first-order valence-electron chi connectivity index (χ1n) is 5.94. The summed E-state index contributed by atoms with van der Waals surface area (Å²) >= 11 is 1.61. The number of rotatable bonds is 6. The van der Waals surface area contributed by atoms with Crippen LogP contribution >= 0.6 is 11.3 Å². The van der Waals surface area contributed by atoms with Crippen LogP contribution < -0.4 is 0 Å². The molecule has 0 aliphatic carbocycles. The Hall–Kier alpha value is -1.19. The van der Waals surface area contributed by atoms with Crippen molar-refractivity contribution in [3.8, 4) is 0 Å². The molecule has 0 aliphatic rings. The lowest BCUT2D eigenvalue weighted by molar-refractivity contribution is 0.163. The van der Waals surface area contributed by atoms with Crippen molar-refractivity contribution in [1.82, 2.24) is 4.98 Å². The molecule has 2 aromatic rings. The summed E-state index contributed by atoms with van der Waals surface area (Å²) in [6, 6.07) is 10.4. The molecule has 1 atom stereocenters. The summed E-state index contributed by atoms with van der Waals surface area (Å²) in [5, 5.41) is 9.88. The smallest absolute Gasteiger partial charge is 0.0794 e. The number of aliphatic hydroxyl groups is 1. The van der Waals surface area contributed by atoms with Crippen LogP contribution in [0.5, 0.6) is 0 Å². The van der Waals surface area contributed by atoms with Crippen molar-refractivity contribution in [2.24, 2.45) is 0 Å².